The maximum absolute atomic E-state index is 12.4. The molecule has 1 N–H and O–H groups in total. The molecule has 0 radical (unpaired) electrons. The van der Waals surface area contributed by atoms with Crippen molar-refractivity contribution >= 4 is 5.91 Å². The molecule has 3 rings (SSSR count). The number of amides is 1. The zero-order valence-corrected chi connectivity index (χ0v) is 14.2. The monoisotopic (exact) mass is 328 g/mol. The molecule has 1 fully saturated rings. The van der Waals surface area contributed by atoms with Gasteiger partial charge in [0.15, 0.2) is 5.82 Å². The van der Waals surface area contributed by atoms with Gasteiger partial charge in [0.2, 0.25) is 11.8 Å². The SMILES string of the molecule is Cc1noc([C@@H](C)N2CCC(C(=O)NCc3ccccc3)CC2)n1. The van der Waals surface area contributed by atoms with E-state index in [1.807, 2.05) is 37.3 Å². The molecule has 1 atom stereocenters. The third-order valence-electron chi connectivity index (χ3n) is 4.66. The molecule has 6 heteroatoms. The maximum Gasteiger partial charge on any atom is 0.243 e. The number of nitrogens with zero attached hydrogens (tertiary/aromatic N) is 3. The Hall–Kier alpha value is -2.21. The second-order valence-electron chi connectivity index (χ2n) is 6.37. The lowest BCUT2D eigenvalue weighted by Crippen LogP contribution is -2.41. The van der Waals surface area contributed by atoms with E-state index in [1.165, 1.54) is 0 Å². The highest BCUT2D eigenvalue weighted by atomic mass is 16.5. The largest absolute Gasteiger partial charge is 0.352 e. The molecular formula is C18H24N4O2. The number of aryl methyl sites for hydroxylation is 1. The van der Waals surface area contributed by atoms with Crippen LogP contribution in [-0.2, 0) is 11.3 Å². The van der Waals surface area contributed by atoms with Crippen LogP contribution in [0.2, 0.25) is 0 Å². The minimum atomic E-state index is 0.0848. The lowest BCUT2D eigenvalue weighted by atomic mass is 9.95. The highest BCUT2D eigenvalue weighted by Crippen LogP contribution is 2.25. The van der Waals surface area contributed by atoms with Crippen LogP contribution in [0.3, 0.4) is 0 Å². The van der Waals surface area contributed by atoms with Crippen molar-refractivity contribution in [3.63, 3.8) is 0 Å². The maximum atomic E-state index is 12.4. The predicted octanol–water partition coefficient (Wildman–Crippen LogP) is 2.47. The highest BCUT2D eigenvalue weighted by Gasteiger charge is 2.29. The third-order valence-corrected chi connectivity index (χ3v) is 4.66. The van der Waals surface area contributed by atoms with Crippen LogP contribution >= 0.6 is 0 Å². The summed E-state index contributed by atoms with van der Waals surface area (Å²) >= 11 is 0. The van der Waals surface area contributed by atoms with E-state index >= 15 is 0 Å². The van der Waals surface area contributed by atoms with E-state index < -0.39 is 0 Å². The smallest absolute Gasteiger partial charge is 0.243 e. The standard InChI is InChI=1S/C18H24N4O2/c1-13(18-20-14(2)21-24-18)22-10-8-16(9-11-22)17(23)19-12-15-6-4-3-5-7-15/h3-7,13,16H,8-12H2,1-2H3,(H,19,23)/t13-/m1/s1. The summed E-state index contributed by atoms with van der Waals surface area (Å²) < 4.78 is 5.26. The molecule has 1 aliphatic heterocycles. The van der Waals surface area contributed by atoms with Crippen molar-refractivity contribution in [2.45, 2.75) is 39.3 Å². The second-order valence-corrected chi connectivity index (χ2v) is 6.37. The number of nitrogens with one attached hydrogen (secondary N) is 1. The van der Waals surface area contributed by atoms with Gasteiger partial charge < -0.3 is 9.84 Å². The molecule has 0 aliphatic carbocycles. The molecule has 1 aromatic heterocycles. The number of hydrogen-bond acceptors (Lipinski definition) is 5. The summed E-state index contributed by atoms with van der Waals surface area (Å²) in [6.45, 7) is 6.22. The predicted molar refractivity (Wildman–Crippen MR) is 90.0 cm³/mol. The molecule has 24 heavy (non-hydrogen) atoms. The van der Waals surface area contributed by atoms with Crippen LogP contribution in [0, 0.1) is 12.8 Å². The molecular weight excluding hydrogens is 304 g/mol. The quantitative estimate of drug-likeness (QED) is 0.913. The van der Waals surface area contributed by atoms with E-state index in [9.17, 15) is 4.79 Å². The number of aromatic nitrogens is 2. The van der Waals surface area contributed by atoms with Crippen molar-refractivity contribution in [2.75, 3.05) is 13.1 Å². The van der Waals surface area contributed by atoms with E-state index in [-0.39, 0.29) is 17.9 Å². The Morgan fingerprint density at radius 3 is 2.67 bits per heavy atom. The fourth-order valence-corrected chi connectivity index (χ4v) is 3.12. The summed E-state index contributed by atoms with van der Waals surface area (Å²) in [6, 6.07) is 10.1. The average molecular weight is 328 g/mol. The second kappa shape index (κ2) is 7.57. The summed E-state index contributed by atoms with van der Waals surface area (Å²) in [7, 11) is 0. The number of rotatable bonds is 5. The van der Waals surface area contributed by atoms with Gasteiger partial charge in [-0.2, -0.15) is 4.98 Å². The van der Waals surface area contributed by atoms with Gasteiger partial charge in [-0.1, -0.05) is 35.5 Å². The minimum Gasteiger partial charge on any atom is -0.352 e. The molecule has 2 aromatic rings. The molecule has 0 unspecified atom stereocenters. The first-order valence-corrected chi connectivity index (χ1v) is 8.49. The number of benzene rings is 1. The van der Waals surface area contributed by atoms with Gasteiger partial charge >= 0.3 is 0 Å². The van der Waals surface area contributed by atoms with Crippen LogP contribution < -0.4 is 5.32 Å². The molecule has 0 spiro atoms. The molecule has 1 amide bonds. The van der Waals surface area contributed by atoms with Crippen LogP contribution in [0.4, 0.5) is 0 Å². The summed E-state index contributed by atoms with van der Waals surface area (Å²) in [5.74, 6) is 1.55. The number of carbonyl (C=O) groups is 1. The van der Waals surface area contributed by atoms with Gasteiger partial charge in [0.05, 0.1) is 6.04 Å². The van der Waals surface area contributed by atoms with Crippen LogP contribution in [0.25, 0.3) is 0 Å². The fraction of sp³-hybridized carbons (Fsp3) is 0.500. The third kappa shape index (κ3) is 4.00. The fourth-order valence-electron chi connectivity index (χ4n) is 3.12. The van der Waals surface area contributed by atoms with Crippen LogP contribution in [-0.4, -0.2) is 34.0 Å². The Bertz CT molecular complexity index is 663. The topological polar surface area (TPSA) is 71.3 Å². The number of likely N-dealkylation sites (tertiary alicyclic amines) is 1. The zero-order chi connectivity index (χ0) is 16.9. The lowest BCUT2D eigenvalue weighted by molar-refractivity contribution is -0.126. The van der Waals surface area contributed by atoms with Gasteiger partial charge in [-0.05, 0) is 45.3 Å². The Morgan fingerprint density at radius 2 is 2.04 bits per heavy atom. The van der Waals surface area contributed by atoms with Crippen molar-refractivity contribution in [1.82, 2.24) is 20.4 Å². The van der Waals surface area contributed by atoms with Gasteiger partial charge in [0.25, 0.3) is 0 Å². The summed E-state index contributed by atoms with van der Waals surface area (Å²) in [5, 5.41) is 6.90. The van der Waals surface area contributed by atoms with Gasteiger partial charge in [-0.25, -0.2) is 0 Å². The molecule has 2 heterocycles. The van der Waals surface area contributed by atoms with Gasteiger partial charge in [0, 0.05) is 12.5 Å². The van der Waals surface area contributed by atoms with Crippen molar-refractivity contribution in [3.8, 4) is 0 Å². The Labute approximate surface area is 142 Å². The van der Waals surface area contributed by atoms with Crippen LogP contribution in [0.1, 0.15) is 43.1 Å². The highest BCUT2D eigenvalue weighted by molar-refractivity contribution is 5.78. The van der Waals surface area contributed by atoms with Gasteiger partial charge in [-0.3, -0.25) is 9.69 Å². The summed E-state index contributed by atoms with van der Waals surface area (Å²) in [5.41, 5.74) is 1.13. The first-order valence-electron chi connectivity index (χ1n) is 8.49. The normalized spacial score (nSPS) is 17.6. The summed E-state index contributed by atoms with van der Waals surface area (Å²) in [6.07, 6.45) is 1.72. The Kier molecular flexibility index (Phi) is 5.25. The molecule has 1 saturated heterocycles. The number of hydrogen-bond donors (Lipinski definition) is 1. The molecule has 1 aromatic carbocycles. The van der Waals surface area contributed by atoms with E-state index in [4.69, 9.17) is 4.52 Å². The minimum absolute atomic E-state index is 0.0848. The number of carbonyl (C=O) groups excluding carboxylic acids is 1. The van der Waals surface area contributed by atoms with Gasteiger partial charge in [0.1, 0.15) is 0 Å². The van der Waals surface area contributed by atoms with Crippen molar-refractivity contribution < 1.29 is 9.32 Å². The molecule has 0 bridgehead atoms. The van der Waals surface area contributed by atoms with E-state index in [2.05, 4.69) is 27.3 Å². The Morgan fingerprint density at radius 1 is 1.33 bits per heavy atom. The van der Waals surface area contributed by atoms with Crippen LogP contribution in [0.5, 0.6) is 0 Å². The van der Waals surface area contributed by atoms with Crippen LogP contribution in [0.15, 0.2) is 34.9 Å². The van der Waals surface area contributed by atoms with E-state index in [1.54, 1.807) is 0 Å². The summed E-state index contributed by atoms with van der Waals surface area (Å²) in [4.78, 5) is 19.0. The van der Waals surface area contributed by atoms with Crippen molar-refractivity contribution in [3.05, 3.63) is 47.6 Å². The zero-order valence-electron chi connectivity index (χ0n) is 14.2. The number of piperidine rings is 1. The molecule has 128 valence electrons. The van der Waals surface area contributed by atoms with E-state index in [0.29, 0.717) is 18.3 Å². The molecule has 0 saturated carbocycles. The first kappa shape index (κ1) is 16.6. The first-order chi connectivity index (χ1) is 11.6. The van der Waals surface area contributed by atoms with Crippen molar-refractivity contribution in [2.24, 2.45) is 5.92 Å². The Balaban J connectivity index is 1.47. The molecule has 1 aliphatic rings. The lowest BCUT2D eigenvalue weighted by Gasteiger charge is -2.33. The van der Waals surface area contributed by atoms with Crippen molar-refractivity contribution in [1.29, 1.82) is 0 Å². The molecule has 6 nitrogen and oxygen atoms in total. The van der Waals surface area contributed by atoms with Gasteiger partial charge in [-0.15, -0.1) is 0 Å². The van der Waals surface area contributed by atoms with E-state index in [0.717, 1.165) is 31.5 Å². The average Bonchev–Trinajstić information content (AvgIpc) is 3.06.